The van der Waals surface area contributed by atoms with Gasteiger partial charge in [0.25, 0.3) is 0 Å². The molecule has 1 aromatic heterocycles. The van der Waals surface area contributed by atoms with Crippen molar-refractivity contribution in [2.24, 2.45) is 0 Å². The number of methoxy groups -OCH3 is 2. The minimum absolute atomic E-state index is 0.0280. The summed E-state index contributed by atoms with van der Waals surface area (Å²) in [4.78, 5) is 16.8. The quantitative estimate of drug-likeness (QED) is 0.689. The number of benzene rings is 2. The molecule has 0 radical (unpaired) electrons. The zero-order valence-electron chi connectivity index (χ0n) is 15.6. The van der Waals surface area contributed by atoms with E-state index in [4.69, 9.17) is 9.47 Å². The Morgan fingerprint density at radius 2 is 1.93 bits per heavy atom. The molecule has 0 bridgehead atoms. The number of anilines is 1. The maximum Gasteiger partial charge on any atom is 0.321 e. The first-order chi connectivity index (χ1) is 13.7. The first-order valence-corrected chi connectivity index (χ1v) is 9.64. The van der Waals surface area contributed by atoms with Crippen molar-refractivity contribution in [2.45, 2.75) is 18.9 Å². The maximum atomic E-state index is 12.4. The van der Waals surface area contributed by atoms with Crippen molar-refractivity contribution in [3.63, 3.8) is 0 Å². The van der Waals surface area contributed by atoms with Crippen LogP contribution in [0.2, 0.25) is 0 Å². The third kappa shape index (κ3) is 3.77. The van der Waals surface area contributed by atoms with E-state index in [0.717, 1.165) is 47.0 Å². The van der Waals surface area contributed by atoms with E-state index < -0.39 is 0 Å². The molecule has 0 spiro atoms. The molecule has 4 rings (SSSR count). The minimum atomic E-state index is -0.283. The molecular formula is C20H20N4O3S. The Labute approximate surface area is 166 Å². The Morgan fingerprint density at radius 1 is 1.11 bits per heavy atom. The smallest absolute Gasteiger partial charge is 0.321 e. The summed E-state index contributed by atoms with van der Waals surface area (Å²) in [6.07, 6.45) is 1.53. The summed E-state index contributed by atoms with van der Waals surface area (Å²) in [5.74, 6) is 2.21. The van der Waals surface area contributed by atoms with Crippen LogP contribution < -0.4 is 20.1 Å². The standard InChI is InChI=1S/C20H20N4O3S/c1-26-15-8-6-12(7-9-15)18-22-20(28-24-18)23-19(25)21-14-10-13-4-3-5-17(27-2)16(13)11-14/h3-9,14H,10-11H2,1-2H3,(H2,21,22,23,24,25). The summed E-state index contributed by atoms with van der Waals surface area (Å²) in [6, 6.07) is 13.2. The fraction of sp³-hybridized carbons (Fsp3) is 0.250. The van der Waals surface area contributed by atoms with Gasteiger partial charge in [-0.3, -0.25) is 5.32 Å². The highest BCUT2D eigenvalue weighted by molar-refractivity contribution is 7.10. The second-order valence-electron chi connectivity index (χ2n) is 6.45. The first kappa shape index (κ1) is 18.2. The van der Waals surface area contributed by atoms with Gasteiger partial charge in [-0.15, -0.1) is 0 Å². The van der Waals surface area contributed by atoms with Crippen molar-refractivity contribution in [1.29, 1.82) is 0 Å². The number of hydrogen-bond acceptors (Lipinski definition) is 6. The van der Waals surface area contributed by atoms with Crippen LogP contribution in [0, 0.1) is 0 Å². The predicted molar refractivity (Wildman–Crippen MR) is 108 cm³/mol. The van der Waals surface area contributed by atoms with E-state index in [2.05, 4.69) is 26.1 Å². The van der Waals surface area contributed by atoms with Gasteiger partial charge < -0.3 is 14.8 Å². The minimum Gasteiger partial charge on any atom is -0.497 e. The van der Waals surface area contributed by atoms with Gasteiger partial charge in [-0.1, -0.05) is 12.1 Å². The van der Waals surface area contributed by atoms with E-state index in [1.54, 1.807) is 14.2 Å². The summed E-state index contributed by atoms with van der Waals surface area (Å²) in [5, 5.41) is 6.24. The van der Waals surface area contributed by atoms with E-state index in [9.17, 15) is 4.79 Å². The summed E-state index contributed by atoms with van der Waals surface area (Å²) in [7, 11) is 3.29. The number of nitrogens with zero attached hydrogens (tertiary/aromatic N) is 2. The lowest BCUT2D eigenvalue weighted by molar-refractivity contribution is 0.248. The molecular weight excluding hydrogens is 376 g/mol. The molecule has 28 heavy (non-hydrogen) atoms. The summed E-state index contributed by atoms with van der Waals surface area (Å²) < 4.78 is 14.9. The molecule has 0 saturated carbocycles. The number of rotatable bonds is 5. The van der Waals surface area contributed by atoms with Gasteiger partial charge in [0.1, 0.15) is 11.5 Å². The van der Waals surface area contributed by atoms with Crippen molar-refractivity contribution < 1.29 is 14.3 Å². The summed E-state index contributed by atoms with van der Waals surface area (Å²) in [5.41, 5.74) is 3.24. The molecule has 2 N–H and O–H groups in total. The van der Waals surface area contributed by atoms with E-state index in [-0.39, 0.29) is 12.1 Å². The Balaban J connectivity index is 1.36. The molecule has 1 aliphatic rings. The monoisotopic (exact) mass is 396 g/mol. The molecule has 144 valence electrons. The molecule has 0 fully saturated rings. The number of ether oxygens (including phenoxy) is 2. The highest BCUT2D eigenvalue weighted by Gasteiger charge is 2.25. The van der Waals surface area contributed by atoms with Gasteiger partial charge >= 0.3 is 6.03 Å². The van der Waals surface area contributed by atoms with Gasteiger partial charge in [-0.05, 0) is 54.3 Å². The van der Waals surface area contributed by atoms with Crippen LogP contribution in [0.4, 0.5) is 9.93 Å². The molecule has 2 amide bonds. The predicted octanol–water partition coefficient (Wildman–Crippen LogP) is 3.51. The van der Waals surface area contributed by atoms with Gasteiger partial charge in [-0.2, -0.15) is 9.36 Å². The molecule has 2 aromatic carbocycles. The zero-order chi connectivity index (χ0) is 19.5. The van der Waals surface area contributed by atoms with E-state index in [0.29, 0.717) is 11.0 Å². The average molecular weight is 396 g/mol. The SMILES string of the molecule is COc1ccc(-c2nsc(NC(=O)NC3Cc4cccc(OC)c4C3)n2)cc1. The Hall–Kier alpha value is -3.13. The molecule has 7 nitrogen and oxygen atoms in total. The number of carbonyl (C=O) groups is 1. The van der Waals surface area contributed by atoms with Crippen molar-refractivity contribution in [2.75, 3.05) is 19.5 Å². The largest absolute Gasteiger partial charge is 0.497 e. The number of carbonyl (C=O) groups excluding carboxylic acids is 1. The molecule has 3 aromatic rings. The number of fused-ring (bicyclic) bond motifs is 1. The number of nitrogens with one attached hydrogen (secondary N) is 2. The van der Waals surface area contributed by atoms with Crippen molar-refractivity contribution >= 4 is 22.7 Å². The normalized spacial score (nSPS) is 15.0. The second kappa shape index (κ2) is 7.85. The Morgan fingerprint density at radius 3 is 2.68 bits per heavy atom. The number of amides is 2. The zero-order valence-corrected chi connectivity index (χ0v) is 16.4. The molecule has 1 unspecified atom stereocenters. The van der Waals surface area contributed by atoms with E-state index in [1.807, 2.05) is 36.4 Å². The third-order valence-corrected chi connectivity index (χ3v) is 5.33. The van der Waals surface area contributed by atoms with Crippen LogP contribution in [-0.2, 0) is 12.8 Å². The Kier molecular flexibility index (Phi) is 5.12. The number of aromatic nitrogens is 2. The molecule has 1 heterocycles. The lowest BCUT2D eigenvalue weighted by Crippen LogP contribution is -2.38. The van der Waals surface area contributed by atoms with E-state index in [1.165, 1.54) is 5.56 Å². The molecule has 8 heteroatoms. The molecule has 1 aliphatic carbocycles. The van der Waals surface area contributed by atoms with E-state index >= 15 is 0 Å². The fourth-order valence-electron chi connectivity index (χ4n) is 3.36. The summed E-state index contributed by atoms with van der Waals surface area (Å²) >= 11 is 1.15. The van der Waals surface area contributed by atoms with Crippen LogP contribution in [0.1, 0.15) is 11.1 Å². The van der Waals surface area contributed by atoms with Crippen LogP contribution in [-0.4, -0.2) is 35.7 Å². The average Bonchev–Trinajstić information content (AvgIpc) is 3.34. The van der Waals surface area contributed by atoms with Gasteiger partial charge in [0.05, 0.1) is 14.2 Å². The number of hydrogen-bond donors (Lipinski definition) is 2. The number of urea groups is 1. The lowest BCUT2D eigenvalue weighted by Gasteiger charge is -2.11. The lowest BCUT2D eigenvalue weighted by atomic mass is 10.1. The van der Waals surface area contributed by atoms with Crippen LogP contribution in [0.15, 0.2) is 42.5 Å². The Bertz CT molecular complexity index is 987. The maximum absolute atomic E-state index is 12.4. The molecule has 0 saturated heterocycles. The van der Waals surface area contributed by atoms with Crippen molar-refractivity contribution in [3.05, 3.63) is 53.6 Å². The molecule has 1 atom stereocenters. The van der Waals surface area contributed by atoms with Crippen LogP contribution in [0.5, 0.6) is 11.5 Å². The highest BCUT2D eigenvalue weighted by atomic mass is 32.1. The van der Waals surface area contributed by atoms with Crippen LogP contribution in [0.25, 0.3) is 11.4 Å². The van der Waals surface area contributed by atoms with Crippen molar-refractivity contribution in [3.8, 4) is 22.9 Å². The molecule has 0 aliphatic heterocycles. The summed E-state index contributed by atoms with van der Waals surface area (Å²) in [6.45, 7) is 0. The van der Waals surface area contributed by atoms with Gasteiger partial charge in [0, 0.05) is 23.1 Å². The topological polar surface area (TPSA) is 85.4 Å². The van der Waals surface area contributed by atoms with Crippen LogP contribution >= 0.6 is 11.5 Å². The second-order valence-corrected chi connectivity index (χ2v) is 7.21. The van der Waals surface area contributed by atoms with Crippen LogP contribution in [0.3, 0.4) is 0 Å². The third-order valence-electron chi connectivity index (χ3n) is 4.70. The first-order valence-electron chi connectivity index (χ1n) is 8.86. The van der Waals surface area contributed by atoms with Crippen molar-refractivity contribution in [1.82, 2.24) is 14.7 Å². The van der Waals surface area contributed by atoms with Gasteiger partial charge in [0.15, 0.2) is 5.82 Å². The highest BCUT2D eigenvalue weighted by Crippen LogP contribution is 2.30. The van der Waals surface area contributed by atoms with Gasteiger partial charge in [-0.25, -0.2) is 4.79 Å². The van der Waals surface area contributed by atoms with Gasteiger partial charge in [0.2, 0.25) is 5.13 Å². The fourth-order valence-corrected chi connectivity index (χ4v) is 3.95.